The minimum absolute atomic E-state index is 0.0951. The molecule has 1 aliphatic heterocycles. The number of nitrogens with zero attached hydrogens (tertiary/aromatic N) is 1. The van der Waals surface area contributed by atoms with Crippen LogP contribution < -0.4 is 0 Å². The van der Waals surface area contributed by atoms with E-state index in [9.17, 15) is 13.2 Å². The van der Waals surface area contributed by atoms with Gasteiger partial charge < -0.3 is 4.90 Å². The lowest BCUT2D eigenvalue weighted by molar-refractivity contribution is -0.132. The molecule has 1 aliphatic rings. The van der Waals surface area contributed by atoms with E-state index in [2.05, 4.69) is 12.1 Å². The van der Waals surface area contributed by atoms with E-state index in [-0.39, 0.29) is 23.5 Å². The summed E-state index contributed by atoms with van der Waals surface area (Å²) in [6, 6.07) is 10.1. The van der Waals surface area contributed by atoms with Crippen molar-refractivity contribution in [2.24, 2.45) is 0 Å². The van der Waals surface area contributed by atoms with Crippen molar-refractivity contribution < 1.29 is 13.2 Å². The van der Waals surface area contributed by atoms with Crippen molar-refractivity contribution in [3.8, 4) is 0 Å². The van der Waals surface area contributed by atoms with Crippen LogP contribution in [0.2, 0.25) is 0 Å². The fourth-order valence-corrected chi connectivity index (χ4v) is 4.78. The molecule has 1 heterocycles. The minimum atomic E-state index is -2.94. The summed E-state index contributed by atoms with van der Waals surface area (Å²) in [6.07, 6.45) is 3.92. The first-order chi connectivity index (χ1) is 10.5. The maximum Gasteiger partial charge on any atom is 0.222 e. The highest BCUT2D eigenvalue weighted by Gasteiger charge is 2.33. The van der Waals surface area contributed by atoms with Crippen LogP contribution in [0.1, 0.15) is 38.2 Å². The van der Waals surface area contributed by atoms with Gasteiger partial charge in [-0.3, -0.25) is 4.79 Å². The number of carbonyl (C=O) groups excluding carboxylic acids is 1. The lowest BCUT2D eigenvalue weighted by Gasteiger charge is -2.27. The summed E-state index contributed by atoms with van der Waals surface area (Å²) < 4.78 is 23.1. The topological polar surface area (TPSA) is 54.5 Å². The Morgan fingerprint density at radius 2 is 1.95 bits per heavy atom. The average molecular weight is 323 g/mol. The van der Waals surface area contributed by atoms with Gasteiger partial charge in [0.25, 0.3) is 0 Å². The highest BCUT2D eigenvalue weighted by atomic mass is 32.2. The standard InChI is InChI=1S/C17H25NO3S/c1-2-18(16-12-13-22(20,21)14-16)17(19)11-7-6-10-15-8-4-3-5-9-15/h3-5,8-9,16H,2,6-7,10-14H2,1H3. The first kappa shape index (κ1) is 17.0. The van der Waals surface area contributed by atoms with E-state index >= 15 is 0 Å². The normalized spacial score (nSPS) is 20.0. The third kappa shape index (κ3) is 4.83. The molecule has 0 N–H and O–H groups in total. The van der Waals surface area contributed by atoms with Crippen LogP contribution in [0.5, 0.6) is 0 Å². The van der Waals surface area contributed by atoms with E-state index < -0.39 is 9.84 Å². The fraction of sp³-hybridized carbons (Fsp3) is 0.588. The van der Waals surface area contributed by atoms with Crippen molar-refractivity contribution in [2.45, 2.75) is 45.1 Å². The van der Waals surface area contributed by atoms with Crippen LogP contribution in [0.25, 0.3) is 0 Å². The summed E-state index contributed by atoms with van der Waals surface area (Å²) in [5.41, 5.74) is 1.30. The second-order valence-electron chi connectivity index (χ2n) is 5.93. The molecule has 1 unspecified atom stereocenters. The average Bonchev–Trinajstić information content (AvgIpc) is 2.85. The molecule has 1 amide bonds. The van der Waals surface area contributed by atoms with E-state index in [1.54, 1.807) is 4.90 Å². The highest BCUT2D eigenvalue weighted by Crippen LogP contribution is 2.19. The Balaban J connectivity index is 1.75. The first-order valence-corrected chi connectivity index (χ1v) is 9.88. The van der Waals surface area contributed by atoms with Crippen molar-refractivity contribution >= 4 is 15.7 Å². The number of sulfone groups is 1. The maximum absolute atomic E-state index is 12.3. The van der Waals surface area contributed by atoms with Gasteiger partial charge in [-0.05, 0) is 38.2 Å². The minimum Gasteiger partial charge on any atom is -0.339 e. The predicted octanol–water partition coefficient (Wildman–Crippen LogP) is 2.44. The van der Waals surface area contributed by atoms with Gasteiger partial charge in [0.15, 0.2) is 9.84 Å². The van der Waals surface area contributed by atoms with Crippen LogP contribution in [0, 0.1) is 0 Å². The number of hydrogen-bond donors (Lipinski definition) is 0. The van der Waals surface area contributed by atoms with Gasteiger partial charge in [0, 0.05) is 19.0 Å². The van der Waals surface area contributed by atoms with E-state index in [0.717, 1.165) is 19.3 Å². The third-order valence-corrected chi connectivity index (χ3v) is 6.01. The summed E-state index contributed by atoms with van der Waals surface area (Å²) in [7, 11) is -2.94. The number of benzene rings is 1. The zero-order valence-corrected chi connectivity index (χ0v) is 14.0. The molecule has 4 nitrogen and oxygen atoms in total. The van der Waals surface area contributed by atoms with Gasteiger partial charge in [-0.15, -0.1) is 0 Å². The SMILES string of the molecule is CCN(C(=O)CCCCc1ccccc1)C1CCS(=O)(=O)C1. The number of amides is 1. The van der Waals surface area contributed by atoms with Crippen molar-refractivity contribution in [1.29, 1.82) is 0 Å². The molecule has 0 aromatic heterocycles. The van der Waals surface area contributed by atoms with E-state index in [1.807, 2.05) is 25.1 Å². The van der Waals surface area contributed by atoms with Crippen LogP contribution in [0.4, 0.5) is 0 Å². The number of hydrogen-bond acceptors (Lipinski definition) is 3. The van der Waals surface area contributed by atoms with Crippen LogP contribution in [0.3, 0.4) is 0 Å². The van der Waals surface area contributed by atoms with Gasteiger partial charge in [-0.1, -0.05) is 30.3 Å². The first-order valence-electron chi connectivity index (χ1n) is 8.05. The largest absolute Gasteiger partial charge is 0.339 e. The van der Waals surface area contributed by atoms with Crippen molar-refractivity contribution in [3.63, 3.8) is 0 Å². The molecule has 22 heavy (non-hydrogen) atoms. The Hall–Kier alpha value is -1.36. The summed E-state index contributed by atoms with van der Waals surface area (Å²) in [6.45, 7) is 2.52. The molecule has 0 saturated carbocycles. The molecule has 2 rings (SSSR count). The fourth-order valence-electron chi connectivity index (χ4n) is 3.05. The van der Waals surface area contributed by atoms with Crippen LogP contribution in [0.15, 0.2) is 30.3 Å². The molecule has 1 atom stereocenters. The highest BCUT2D eigenvalue weighted by molar-refractivity contribution is 7.91. The summed E-state index contributed by atoms with van der Waals surface area (Å²) in [5.74, 6) is 0.448. The van der Waals surface area contributed by atoms with Crippen molar-refractivity contribution in [3.05, 3.63) is 35.9 Å². The Morgan fingerprint density at radius 3 is 2.55 bits per heavy atom. The predicted molar refractivity (Wildman–Crippen MR) is 88.4 cm³/mol. The van der Waals surface area contributed by atoms with Gasteiger partial charge in [0.1, 0.15) is 0 Å². The maximum atomic E-state index is 12.3. The molecular weight excluding hydrogens is 298 g/mol. The molecule has 0 spiro atoms. The van der Waals surface area contributed by atoms with Crippen LogP contribution >= 0.6 is 0 Å². The van der Waals surface area contributed by atoms with E-state index in [4.69, 9.17) is 0 Å². The van der Waals surface area contributed by atoms with Gasteiger partial charge in [-0.25, -0.2) is 8.42 Å². The lowest BCUT2D eigenvalue weighted by atomic mass is 10.1. The molecule has 0 radical (unpaired) electrons. The van der Waals surface area contributed by atoms with Crippen molar-refractivity contribution in [1.82, 2.24) is 4.90 Å². The van der Waals surface area contributed by atoms with Gasteiger partial charge in [0.2, 0.25) is 5.91 Å². The summed E-state index contributed by atoms with van der Waals surface area (Å²) in [5, 5.41) is 0. The summed E-state index contributed by atoms with van der Waals surface area (Å²) in [4.78, 5) is 14.1. The summed E-state index contributed by atoms with van der Waals surface area (Å²) >= 11 is 0. The third-order valence-electron chi connectivity index (χ3n) is 4.26. The van der Waals surface area contributed by atoms with Crippen LogP contribution in [-0.4, -0.2) is 43.3 Å². The van der Waals surface area contributed by atoms with Gasteiger partial charge in [-0.2, -0.15) is 0 Å². The Kier molecular flexibility index (Phi) is 6.00. The second kappa shape index (κ2) is 7.77. The number of rotatable bonds is 7. The lowest BCUT2D eigenvalue weighted by Crippen LogP contribution is -2.40. The molecule has 1 aromatic carbocycles. The molecule has 5 heteroatoms. The zero-order chi connectivity index (χ0) is 16.0. The molecule has 0 aliphatic carbocycles. The quantitative estimate of drug-likeness (QED) is 0.724. The van der Waals surface area contributed by atoms with Crippen molar-refractivity contribution in [2.75, 3.05) is 18.1 Å². The number of carbonyl (C=O) groups is 1. The Bertz CT molecular complexity index is 583. The van der Waals surface area contributed by atoms with E-state index in [0.29, 0.717) is 19.4 Å². The van der Waals surface area contributed by atoms with Gasteiger partial charge >= 0.3 is 0 Å². The number of aryl methyl sites for hydroxylation is 1. The molecule has 1 saturated heterocycles. The monoisotopic (exact) mass is 323 g/mol. The smallest absolute Gasteiger partial charge is 0.222 e. The zero-order valence-electron chi connectivity index (χ0n) is 13.2. The Labute approximate surface area is 133 Å². The number of unbranched alkanes of at least 4 members (excludes halogenated alkanes) is 1. The molecular formula is C17H25NO3S. The molecule has 1 aromatic rings. The molecule has 122 valence electrons. The second-order valence-corrected chi connectivity index (χ2v) is 8.16. The Morgan fingerprint density at radius 1 is 1.23 bits per heavy atom. The van der Waals surface area contributed by atoms with Crippen LogP contribution in [-0.2, 0) is 21.1 Å². The molecule has 0 bridgehead atoms. The molecule has 1 fully saturated rings. The van der Waals surface area contributed by atoms with Gasteiger partial charge in [0.05, 0.1) is 11.5 Å². The van der Waals surface area contributed by atoms with E-state index in [1.165, 1.54) is 5.56 Å².